The molecule has 0 saturated heterocycles. The molecule has 3 heterocycles. The molecule has 0 atom stereocenters. The number of hydrogen-bond acceptors (Lipinski definition) is 4. The molecule has 12 rings (SSSR count). The number of rotatable bonds is 5. The van der Waals surface area contributed by atoms with E-state index in [0.29, 0.717) is 0 Å². The van der Waals surface area contributed by atoms with Gasteiger partial charge in [-0.2, -0.15) is 0 Å². The summed E-state index contributed by atoms with van der Waals surface area (Å²) >= 11 is 0. The Hall–Kier alpha value is -6.46. The molecular formula is C69H76BN3O. The quantitative estimate of drug-likeness (QED) is 0.160. The molecule has 0 bridgehead atoms. The lowest BCUT2D eigenvalue weighted by Crippen LogP contribution is -2.61. The Balaban J connectivity index is 1.27. The van der Waals surface area contributed by atoms with Crippen molar-refractivity contribution < 1.29 is 4.42 Å². The average Bonchev–Trinajstić information content (AvgIpc) is 3.75. The van der Waals surface area contributed by atoms with E-state index in [4.69, 9.17) is 4.42 Å². The number of nitrogens with zero attached hydrogens (tertiary/aromatic N) is 3. The van der Waals surface area contributed by atoms with Gasteiger partial charge in [-0.1, -0.05) is 164 Å². The highest BCUT2D eigenvalue weighted by atomic mass is 16.4. The zero-order chi connectivity index (χ0) is 52.2. The molecule has 0 saturated carbocycles. The van der Waals surface area contributed by atoms with Gasteiger partial charge >= 0.3 is 0 Å². The van der Waals surface area contributed by atoms with Gasteiger partial charge in [-0.3, -0.25) is 4.90 Å². The third kappa shape index (κ3) is 7.52. The molecule has 0 fully saturated rings. The Morgan fingerprint density at radius 2 is 0.932 bits per heavy atom. The van der Waals surface area contributed by atoms with Crippen LogP contribution in [0.1, 0.15) is 162 Å². The minimum Gasteiger partial charge on any atom is -0.440 e. The smallest absolute Gasteiger partial charge is 0.257 e. The molecule has 1 aromatic heterocycles. The number of furan rings is 1. The summed E-state index contributed by atoms with van der Waals surface area (Å²) in [6.45, 7) is 35.9. The number of benzene rings is 7. The first-order chi connectivity index (χ1) is 34.8. The summed E-state index contributed by atoms with van der Waals surface area (Å²) in [5.41, 5.74) is 23.9. The Bertz CT molecular complexity index is 3510. The highest BCUT2D eigenvalue weighted by Gasteiger charge is 2.50. The van der Waals surface area contributed by atoms with Gasteiger partial charge in [0.15, 0.2) is 0 Å². The summed E-state index contributed by atoms with van der Waals surface area (Å²) in [4.78, 5) is 7.65. The largest absolute Gasteiger partial charge is 0.440 e. The van der Waals surface area contributed by atoms with Crippen molar-refractivity contribution in [1.29, 1.82) is 0 Å². The molecule has 7 aromatic carbocycles. The van der Waals surface area contributed by atoms with Crippen LogP contribution >= 0.6 is 0 Å². The predicted octanol–water partition coefficient (Wildman–Crippen LogP) is 17.6. The van der Waals surface area contributed by atoms with Gasteiger partial charge in [0.1, 0.15) is 5.58 Å². The van der Waals surface area contributed by atoms with Crippen LogP contribution in [0.15, 0.2) is 144 Å². The third-order valence-corrected chi connectivity index (χ3v) is 18.2. The van der Waals surface area contributed by atoms with E-state index in [1.165, 1.54) is 84.2 Å². The monoisotopic (exact) mass is 974 g/mol. The standard InChI is InChI=1S/C69H76BN3O/c1-43-36-51-53(68(12,13)34-32-66(51,8)9)41-56(43)73-57-42-54-52(67(10,11)33-35-69(54,14)15)40-55(57)70-61-50-37-45(65(5,6)7)28-31-60(50)74-63(61)72(48-29-26-44(27-30-48)64(2,3)4)58-38-49(39-59(73)62(58)70)71(46-22-18-16-19-23-46)47-24-20-17-21-25-47/h16-31,36-42H,32-35H2,1-15H3. The topological polar surface area (TPSA) is 22.9 Å². The van der Waals surface area contributed by atoms with E-state index in [9.17, 15) is 0 Å². The first-order valence-corrected chi connectivity index (χ1v) is 27.5. The fourth-order valence-corrected chi connectivity index (χ4v) is 13.3. The van der Waals surface area contributed by atoms with Crippen LogP contribution in [0.2, 0.25) is 0 Å². The van der Waals surface area contributed by atoms with E-state index < -0.39 is 0 Å². The normalized spacial score (nSPS) is 17.8. The van der Waals surface area contributed by atoms with Crippen LogP contribution in [0.25, 0.3) is 11.0 Å². The predicted molar refractivity (Wildman–Crippen MR) is 318 cm³/mol. The molecule has 5 heteroatoms. The zero-order valence-corrected chi connectivity index (χ0v) is 46.9. The van der Waals surface area contributed by atoms with Crippen LogP contribution in [-0.4, -0.2) is 6.71 Å². The van der Waals surface area contributed by atoms with Crippen molar-refractivity contribution in [1.82, 2.24) is 0 Å². The van der Waals surface area contributed by atoms with Gasteiger partial charge in [-0.15, -0.1) is 0 Å². The Labute approximate surface area is 442 Å². The third-order valence-electron chi connectivity index (χ3n) is 18.2. The summed E-state index contributed by atoms with van der Waals surface area (Å²) in [6.07, 6.45) is 4.60. The van der Waals surface area contributed by atoms with E-state index in [1.807, 2.05) is 0 Å². The Morgan fingerprint density at radius 3 is 1.46 bits per heavy atom. The maximum absolute atomic E-state index is 7.48. The number of anilines is 9. The fourth-order valence-electron chi connectivity index (χ4n) is 13.3. The van der Waals surface area contributed by atoms with E-state index >= 15 is 0 Å². The van der Waals surface area contributed by atoms with Gasteiger partial charge in [0.25, 0.3) is 6.71 Å². The Kier molecular flexibility index (Phi) is 10.7. The van der Waals surface area contributed by atoms with Gasteiger partial charge in [-0.25, -0.2) is 0 Å². The zero-order valence-electron chi connectivity index (χ0n) is 46.9. The molecule has 0 spiro atoms. The van der Waals surface area contributed by atoms with Crippen LogP contribution in [0.4, 0.5) is 51.4 Å². The number of aryl methyl sites for hydroxylation is 1. The molecule has 0 N–H and O–H groups in total. The van der Waals surface area contributed by atoms with Crippen molar-refractivity contribution in [3.05, 3.63) is 178 Å². The van der Waals surface area contributed by atoms with Crippen LogP contribution in [0.3, 0.4) is 0 Å². The maximum atomic E-state index is 7.48. The lowest BCUT2D eigenvalue weighted by atomic mass is 9.33. The van der Waals surface area contributed by atoms with Crippen molar-refractivity contribution in [2.75, 3.05) is 14.7 Å². The number of fused-ring (bicyclic) bond motifs is 8. The SMILES string of the molecule is Cc1cc2c(cc1N1c3cc4c(cc3B3c5c1cc(N(c1ccccc1)c1ccccc1)cc5N(c1ccc(C(C)(C)C)cc1)c1oc5ccc(C(C)(C)C)cc5c13)C(C)(C)CCC4(C)C)C(C)(C)CCC2(C)C. The molecule has 0 radical (unpaired) electrons. The van der Waals surface area contributed by atoms with Crippen LogP contribution in [0, 0.1) is 6.92 Å². The van der Waals surface area contributed by atoms with Crippen LogP contribution in [-0.2, 0) is 32.5 Å². The van der Waals surface area contributed by atoms with Crippen molar-refractivity contribution in [3.8, 4) is 0 Å². The lowest BCUT2D eigenvalue weighted by molar-refractivity contribution is 0.331. The van der Waals surface area contributed by atoms with E-state index in [-0.39, 0.29) is 39.2 Å². The molecule has 376 valence electrons. The van der Waals surface area contributed by atoms with Crippen LogP contribution < -0.4 is 31.1 Å². The van der Waals surface area contributed by atoms with E-state index in [2.05, 4.69) is 258 Å². The second-order valence-corrected chi connectivity index (χ2v) is 27.3. The molecule has 4 aliphatic rings. The molecule has 4 nitrogen and oxygen atoms in total. The minimum absolute atomic E-state index is 0.00289. The summed E-state index contributed by atoms with van der Waals surface area (Å²) in [5.74, 6) is 0.895. The molecule has 2 aliphatic heterocycles. The van der Waals surface area contributed by atoms with Gasteiger partial charge < -0.3 is 14.2 Å². The average molecular weight is 974 g/mol. The van der Waals surface area contributed by atoms with E-state index in [0.717, 1.165) is 59.2 Å². The summed E-state index contributed by atoms with van der Waals surface area (Å²) in [7, 11) is 0. The second-order valence-electron chi connectivity index (χ2n) is 27.3. The van der Waals surface area contributed by atoms with Crippen molar-refractivity contribution in [2.45, 2.75) is 162 Å². The van der Waals surface area contributed by atoms with Gasteiger partial charge in [-0.05, 0) is 188 Å². The molecule has 2 aliphatic carbocycles. The van der Waals surface area contributed by atoms with Crippen molar-refractivity contribution in [3.63, 3.8) is 0 Å². The molecule has 74 heavy (non-hydrogen) atoms. The summed E-state index contributed by atoms with van der Waals surface area (Å²) in [6, 6.07) is 53.7. The van der Waals surface area contributed by atoms with Gasteiger partial charge in [0, 0.05) is 50.7 Å². The highest BCUT2D eigenvalue weighted by molar-refractivity contribution is 7.01. The molecule has 8 aromatic rings. The van der Waals surface area contributed by atoms with Gasteiger partial charge in [0.2, 0.25) is 5.88 Å². The minimum atomic E-state index is -0.127. The highest BCUT2D eigenvalue weighted by Crippen LogP contribution is 2.55. The number of hydrogen-bond donors (Lipinski definition) is 0. The van der Waals surface area contributed by atoms with Crippen molar-refractivity contribution in [2.24, 2.45) is 0 Å². The fraction of sp³-hybridized carbons (Fsp3) is 0.362. The first-order valence-electron chi connectivity index (χ1n) is 27.5. The molecule has 0 unspecified atom stereocenters. The maximum Gasteiger partial charge on any atom is 0.257 e. The number of para-hydroxylation sites is 2. The second kappa shape index (κ2) is 16.3. The lowest BCUT2D eigenvalue weighted by Gasteiger charge is -2.48. The molecule has 0 amide bonds. The Morgan fingerprint density at radius 1 is 0.459 bits per heavy atom. The van der Waals surface area contributed by atoms with Gasteiger partial charge in [0.05, 0.1) is 5.69 Å². The molecular weight excluding hydrogens is 898 g/mol. The van der Waals surface area contributed by atoms with Crippen molar-refractivity contribution >= 4 is 85.5 Å². The van der Waals surface area contributed by atoms with Crippen LogP contribution in [0.5, 0.6) is 0 Å². The summed E-state index contributed by atoms with van der Waals surface area (Å²) < 4.78 is 7.48. The van der Waals surface area contributed by atoms with E-state index in [1.54, 1.807) is 0 Å². The summed E-state index contributed by atoms with van der Waals surface area (Å²) in [5, 5.41) is 1.19. The first kappa shape index (κ1) is 48.5.